The fourth-order valence-corrected chi connectivity index (χ4v) is 1.69. The van der Waals surface area contributed by atoms with E-state index in [2.05, 4.69) is 0 Å². The molecule has 3 nitrogen and oxygen atoms in total. The minimum Gasteiger partial charge on any atom is -0.481 e. The maximum atomic E-state index is 10.5. The number of aliphatic carboxylic acids is 1. The molecule has 0 amide bonds. The minimum atomic E-state index is -0.687. The van der Waals surface area contributed by atoms with Gasteiger partial charge in [0, 0.05) is 6.04 Å². The van der Waals surface area contributed by atoms with E-state index >= 15 is 0 Å². The summed E-state index contributed by atoms with van der Waals surface area (Å²) >= 11 is 0. The molecule has 3 heteroatoms. The van der Waals surface area contributed by atoms with Gasteiger partial charge in [-0.05, 0) is 32.1 Å². The van der Waals surface area contributed by atoms with Gasteiger partial charge in [0.2, 0.25) is 0 Å². The van der Waals surface area contributed by atoms with Crippen molar-refractivity contribution in [2.45, 2.75) is 32.2 Å². The molecule has 1 fully saturated rings. The summed E-state index contributed by atoms with van der Waals surface area (Å²) in [6.45, 7) is 1.84. The summed E-state index contributed by atoms with van der Waals surface area (Å²) in [4.78, 5) is 10.5. The van der Waals surface area contributed by atoms with Crippen LogP contribution in [0.3, 0.4) is 0 Å². The lowest BCUT2D eigenvalue weighted by Gasteiger charge is -2.11. The van der Waals surface area contributed by atoms with Crippen molar-refractivity contribution in [1.82, 2.24) is 5.73 Å². The Bertz CT molecular complexity index is 156. The Kier molecular flexibility index (Phi) is 2.49. The molecule has 1 saturated carbocycles. The fraction of sp³-hybridized carbons (Fsp3) is 0.875. The largest absolute Gasteiger partial charge is 0.481 e. The molecule has 1 rings (SSSR count). The Morgan fingerprint density at radius 1 is 1.64 bits per heavy atom. The second kappa shape index (κ2) is 3.22. The van der Waals surface area contributed by atoms with Gasteiger partial charge in [0.05, 0.1) is 5.92 Å². The van der Waals surface area contributed by atoms with Crippen LogP contribution in [0, 0.1) is 11.8 Å². The molecule has 2 N–H and O–H groups in total. The van der Waals surface area contributed by atoms with Gasteiger partial charge in [0.25, 0.3) is 0 Å². The van der Waals surface area contributed by atoms with E-state index in [1.54, 1.807) is 0 Å². The number of carboxylic acids is 1. The highest BCUT2D eigenvalue weighted by molar-refractivity contribution is 5.70. The molecule has 63 valence electrons. The molecule has 0 aromatic rings. The van der Waals surface area contributed by atoms with Crippen molar-refractivity contribution in [3.05, 3.63) is 0 Å². The van der Waals surface area contributed by atoms with Gasteiger partial charge in [-0.1, -0.05) is 0 Å². The average Bonchev–Trinajstić information content (AvgIpc) is 2.33. The van der Waals surface area contributed by atoms with Gasteiger partial charge in [0.15, 0.2) is 0 Å². The van der Waals surface area contributed by atoms with Crippen molar-refractivity contribution in [2.24, 2.45) is 11.8 Å². The summed E-state index contributed by atoms with van der Waals surface area (Å²) < 4.78 is 0. The van der Waals surface area contributed by atoms with Crippen molar-refractivity contribution >= 4 is 5.97 Å². The number of carbonyl (C=O) groups is 1. The Balaban J connectivity index is 2.41. The van der Waals surface area contributed by atoms with Crippen molar-refractivity contribution in [3.8, 4) is 0 Å². The van der Waals surface area contributed by atoms with Crippen LogP contribution in [0.1, 0.15) is 26.2 Å². The van der Waals surface area contributed by atoms with E-state index in [1.807, 2.05) is 6.92 Å². The molecular formula is C8H14NO2. The van der Waals surface area contributed by atoms with E-state index in [0.29, 0.717) is 12.3 Å². The molecule has 3 unspecified atom stereocenters. The van der Waals surface area contributed by atoms with E-state index in [4.69, 9.17) is 10.8 Å². The van der Waals surface area contributed by atoms with Crippen molar-refractivity contribution in [2.75, 3.05) is 0 Å². The molecule has 0 bridgehead atoms. The molecule has 0 heterocycles. The highest BCUT2D eigenvalue weighted by Gasteiger charge is 2.31. The van der Waals surface area contributed by atoms with Crippen molar-refractivity contribution < 1.29 is 9.90 Å². The summed E-state index contributed by atoms with van der Waals surface area (Å²) in [5.41, 5.74) is 7.41. The molecule has 1 aliphatic carbocycles. The average molecular weight is 156 g/mol. The zero-order valence-electron chi connectivity index (χ0n) is 6.71. The van der Waals surface area contributed by atoms with Crippen LogP contribution in [-0.4, -0.2) is 17.1 Å². The molecule has 0 aromatic carbocycles. The van der Waals surface area contributed by atoms with Gasteiger partial charge in [0.1, 0.15) is 0 Å². The summed E-state index contributed by atoms with van der Waals surface area (Å²) in [6.07, 6.45) is 2.39. The zero-order valence-corrected chi connectivity index (χ0v) is 6.71. The van der Waals surface area contributed by atoms with Gasteiger partial charge >= 0.3 is 5.97 Å². The third-order valence-electron chi connectivity index (χ3n) is 2.53. The number of nitrogens with one attached hydrogen (secondary N) is 1. The van der Waals surface area contributed by atoms with Crippen LogP contribution >= 0.6 is 0 Å². The number of carboxylic acid groups (broad SMARTS) is 1. The lowest BCUT2D eigenvalue weighted by Crippen LogP contribution is -2.17. The summed E-state index contributed by atoms with van der Waals surface area (Å²) in [5.74, 6) is -0.544. The van der Waals surface area contributed by atoms with E-state index < -0.39 is 5.97 Å². The van der Waals surface area contributed by atoms with Crippen molar-refractivity contribution in [3.63, 3.8) is 0 Å². The van der Waals surface area contributed by atoms with Crippen LogP contribution in [-0.2, 0) is 4.79 Å². The van der Waals surface area contributed by atoms with Gasteiger partial charge < -0.3 is 5.11 Å². The summed E-state index contributed by atoms with van der Waals surface area (Å²) in [5, 5.41) is 8.65. The lowest BCUT2D eigenvalue weighted by atomic mass is 9.99. The van der Waals surface area contributed by atoms with E-state index in [-0.39, 0.29) is 12.0 Å². The first-order chi connectivity index (χ1) is 5.11. The van der Waals surface area contributed by atoms with Gasteiger partial charge in [-0.3, -0.25) is 10.5 Å². The first-order valence-electron chi connectivity index (χ1n) is 4.05. The molecule has 0 saturated heterocycles. The molecule has 1 radical (unpaired) electrons. The number of rotatable bonds is 2. The highest BCUT2D eigenvalue weighted by atomic mass is 16.4. The Morgan fingerprint density at radius 2 is 2.27 bits per heavy atom. The van der Waals surface area contributed by atoms with Gasteiger partial charge in [-0.25, -0.2) is 0 Å². The third kappa shape index (κ3) is 1.93. The summed E-state index contributed by atoms with van der Waals surface area (Å²) in [6, 6.07) is -0.0978. The standard InChI is InChI=1S/C8H14NO2/c1-5(9)6-2-3-7(4-6)8(10)11/h5-7,9H,2-4H2,1H3,(H,10,11). The van der Waals surface area contributed by atoms with E-state index in [0.717, 1.165) is 12.8 Å². The quantitative estimate of drug-likeness (QED) is 0.652. The monoisotopic (exact) mass is 156 g/mol. The second-order valence-electron chi connectivity index (χ2n) is 3.40. The maximum Gasteiger partial charge on any atom is 0.306 e. The van der Waals surface area contributed by atoms with Crippen LogP contribution in [0.2, 0.25) is 0 Å². The van der Waals surface area contributed by atoms with E-state index in [9.17, 15) is 4.79 Å². The van der Waals surface area contributed by atoms with Crippen LogP contribution in [0.25, 0.3) is 0 Å². The molecule has 3 atom stereocenters. The lowest BCUT2D eigenvalue weighted by molar-refractivity contribution is -0.141. The van der Waals surface area contributed by atoms with Crippen LogP contribution in [0.5, 0.6) is 0 Å². The molecular weight excluding hydrogens is 142 g/mol. The fourth-order valence-electron chi connectivity index (χ4n) is 1.69. The summed E-state index contributed by atoms with van der Waals surface area (Å²) in [7, 11) is 0. The minimum absolute atomic E-state index is 0.0978. The molecule has 1 aliphatic rings. The molecule has 11 heavy (non-hydrogen) atoms. The normalized spacial score (nSPS) is 33.6. The smallest absolute Gasteiger partial charge is 0.306 e. The third-order valence-corrected chi connectivity index (χ3v) is 2.53. The first kappa shape index (κ1) is 8.53. The Hall–Kier alpha value is -0.570. The van der Waals surface area contributed by atoms with Crippen LogP contribution in [0.4, 0.5) is 0 Å². The predicted molar refractivity (Wildman–Crippen MR) is 41.0 cm³/mol. The molecule has 0 spiro atoms. The first-order valence-corrected chi connectivity index (χ1v) is 4.05. The molecule has 0 aliphatic heterocycles. The predicted octanol–water partition coefficient (Wildman–Crippen LogP) is 1.16. The number of hydrogen-bond acceptors (Lipinski definition) is 1. The topological polar surface area (TPSA) is 61.1 Å². The highest BCUT2D eigenvalue weighted by Crippen LogP contribution is 2.32. The van der Waals surface area contributed by atoms with Crippen molar-refractivity contribution in [1.29, 1.82) is 0 Å². The SMILES string of the molecule is CC([NH])C1CCC(C(=O)O)C1. The molecule has 0 aromatic heterocycles. The number of hydrogen-bond donors (Lipinski definition) is 1. The van der Waals surface area contributed by atoms with Crippen LogP contribution in [0.15, 0.2) is 0 Å². The van der Waals surface area contributed by atoms with E-state index in [1.165, 1.54) is 0 Å². The zero-order chi connectivity index (χ0) is 8.43. The Labute approximate surface area is 66.6 Å². The maximum absolute atomic E-state index is 10.5. The second-order valence-corrected chi connectivity index (χ2v) is 3.40. The Morgan fingerprint density at radius 3 is 2.55 bits per heavy atom. The van der Waals surface area contributed by atoms with Gasteiger partial charge in [-0.2, -0.15) is 0 Å². The van der Waals surface area contributed by atoms with Gasteiger partial charge in [-0.15, -0.1) is 0 Å². The van der Waals surface area contributed by atoms with Crippen LogP contribution < -0.4 is 5.73 Å².